The van der Waals surface area contributed by atoms with Gasteiger partial charge in [0.15, 0.2) is 9.84 Å². The summed E-state index contributed by atoms with van der Waals surface area (Å²) in [5.41, 5.74) is 0.765. The van der Waals surface area contributed by atoms with Crippen molar-refractivity contribution >= 4 is 19.9 Å². The predicted octanol–water partition coefficient (Wildman–Crippen LogP) is 0.593. The number of nitrogens with one attached hydrogen (secondary N) is 1. The smallest absolute Gasteiger partial charge is 0.244 e. The highest BCUT2D eigenvalue weighted by atomic mass is 32.2. The summed E-state index contributed by atoms with van der Waals surface area (Å²) in [4.78, 5) is -0.00213. The summed E-state index contributed by atoms with van der Waals surface area (Å²) in [6, 6.07) is 4.02. The zero-order valence-electron chi connectivity index (χ0n) is 11.0. The van der Waals surface area contributed by atoms with Gasteiger partial charge in [-0.25, -0.2) is 21.6 Å². The van der Waals surface area contributed by atoms with E-state index in [-0.39, 0.29) is 16.4 Å². The van der Waals surface area contributed by atoms with Crippen molar-refractivity contribution in [3.63, 3.8) is 0 Å². The number of hydrogen-bond donors (Lipinski definition) is 1. The molecule has 110 valence electrons. The van der Waals surface area contributed by atoms with E-state index in [2.05, 4.69) is 4.72 Å². The lowest BCUT2D eigenvalue weighted by molar-refractivity contribution is 0.402. The Kier molecular flexibility index (Phi) is 3.90. The van der Waals surface area contributed by atoms with Gasteiger partial charge >= 0.3 is 0 Å². The lowest BCUT2D eigenvalue weighted by Crippen LogP contribution is -2.35. The van der Waals surface area contributed by atoms with Crippen LogP contribution in [-0.4, -0.2) is 35.7 Å². The van der Waals surface area contributed by atoms with Gasteiger partial charge in [0.05, 0.1) is 18.9 Å². The summed E-state index contributed by atoms with van der Waals surface area (Å²) in [7, 11) is -5.78. The molecule has 0 amide bonds. The van der Waals surface area contributed by atoms with Gasteiger partial charge in [0, 0.05) is 5.41 Å². The molecule has 2 rings (SSSR count). The van der Waals surface area contributed by atoms with Gasteiger partial charge in [-0.15, -0.1) is 0 Å². The third kappa shape index (κ3) is 3.20. The Morgan fingerprint density at radius 3 is 2.60 bits per heavy atom. The van der Waals surface area contributed by atoms with Crippen LogP contribution in [0.15, 0.2) is 34.6 Å². The minimum absolute atomic E-state index is 0.00213. The molecule has 0 fully saturated rings. The Balaban J connectivity index is 2.32. The molecule has 1 aromatic rings. The number of hydrogen-bond acceptors (Lipinski definition) is 5. The Labute approximate surface area is 118 Å². The quantitative estimate of drug-likeness (QED) is 0.878. The van der Waals surface area contributed by atoms with Crippen LogP contribution in [0.1, 0.15) is 5.56 Å². The number of sulfone groups is 1. The maximum Gasteiger partial charge on any atom is 0.244 e. The Bertz CT molecular complexity index is 750. The average Bonchev–Trinajstić information content (AvgIpc) is 2.68. The fourth-order valence-electron chi connectivity index (χ4n) is 1.91. The molecule has 8 heteroatoms. The molecular formula is C12H15NO5S2. The molecule has 1 N–H and O–H groups in total. The van der Waals surface area contributed by atoms with E-state index in [1.54, 1.807) is 19.1 Å². The zero-order chi connectivity index (χ0) is 15.0. The van der Waals surface area contributed by atoms with Crippen LogP contribution in [0.2, 0.25) is 0 Å². The molecule has 1 atom stereocenters. The van der Waals surface area contributed by atoms with E-state index in [1.165, 1.54) is 19.3 Å². The van der Waals surface area contributed by atoms with Crippen molar-refractivity contribution in [1.29, 1.82) is 0 Å². The van der Waals surface area contributed by atoms with Crippen molar-refractivity contribution in [3.8, 4) is 5.75 Å². The summed E-state index contributed by atoms with van der Waals surface area (Å²) in [5.74, 6) is -0.0479. The Morgan fingerprint density at radius 2 is 2.05 bits per heavy atom. The third-order valence-corrected chi connectivity index (χ3v) is 5.75. The van der Waals surface area contributed by atoms with Gasteiger partial charge < -0.3 is 4.74 Å². The molecule has 1 aliphatic heterocycles. The minimum atomic E-state index is -3.85. The number of sulfonamides is 1. The Morgan fingerprint density at radius 1 is 1.35 bits per heavy atom. The fraction of sp³-hybridized carbons (Fsp3) is 0.333. The molecule has 1 aromatic carbocycles. The molecule has 0 radical (unpaired) electrons. The number of methoxy groups -OCH3 is 1. The van der Waals surface area contributed by atoms with Gasteiger partial charge in [-0.1, -0.05) is 12.1 Å². The second-order valence-electron chi connectivity index (χ2n) is 4.54. The third-order valence-electron chi connectivity index (χ3n) is 2.85. The van der Waals surface area contributed by atoms with Gasteiger partial charge in [-0.3, -0.25) is 0 Å². The van der Waals surface area contributed by atoms with E-state index in [0.717, 1.165) is 11.0 Å². The minimum Gasteiger partial charge on any atom is -0.495 e. The second-order valence-corrected chi connectivity index (χ2v) is 8.15. The monoisotopic (exact) mass is 317 g/mol. The van der Waals surface area contributed by atoms with Crippen LogP contribution in [0, 0.1) is 6.92 Å². The average molecular weight is 317 g/mol. The van der Waals surface area contributed by atoms with Crippen LogP contribution in [-0.2, 0) is 19.9 Å². The SMILES string of the molecule is COc1ccc(C)cc1S(=O)(=O)N[C@@H]1C=CS(=O)(=O)C1. The molecule has 0 saturated heterocycles. The van der Waals surface area contributed by atoms with E-state index in [9.17, 15) is 16.8 Å². The topological polar surface area (TPSA) is 89.5 Å². The van der Waals surface area contributed by atoms with Crippen LogP contribution < -0.4 is 9.46 Å². The van der Waals surface area contributed by atoms with Crippen LogP contribution in [0.3, 0.4) is 0 Å². The highest BCUT2D eigenvalue weighted by molar-refractivity contribution is 7.94. The highest BCUT2D eigenvalue weighted by Gasteiger charge is 2.28. The van der Waals surface area contributed by atoms with Crippen LogP contribution in [0.5, 0.6) is 5.75 Å². The largest absolute Gasteiger partial charge is 0.495 e. The summed E-state index contributed by atoms with van der Waals surface area (Å²) in [5, 5.41) is 1.02. The lowest BCUT2D eigenvalue weighted by atomic mass is 10.2. The highest BCUT2D eigenvalue weighted by Crippen LogP contribution is 2.25. The molecule has 1 aliphatic rings. The van der Waals surface area contributed by atoms with Crippen molar-refractivity contribution in [3.05, 3.63) is 35.2 Å². The van der Waals surface area contributed by atoms with Gasteiger partial charge in [-0.2, -0.15) is 0 Å². The molecule has 0 aromatic heterocycles. The van der Waals surface area contributed by atoms with Gasteiger partial charge in [-0.05, 0) is 24.6 Å². The summed E-state index contributed by atoms with van der Waals surface area (Å²) < 4.78 is 54.6. The maximum atomic E-state index is 12.3. The van der Waals surface area contributed by atoms with E-state index in [4.69, 9.17) is 4.74 Å². The van der Waals surface area contributed by atoms with Crippen LogP contribution in [0.4, 0.5) is 0 Å². The second kappa shape index (κ2) is 5.19. The summed E-state index contributed by atoms with van der Waals surface area (Å²) in [6.45, 7) is 1.76. The number of benzene rings is 1. The van der Waals surface area contributed by atoms with Gasteiger partial charge in [0.1, 0.15) is 10.6 Å². The first-order chi connectivity index (χ1) is 9.23. The van der Waals surface area contributed by atoms with Crippen molar-refractivity contribution in [2.24, 2.45) is 0 Å². The maximum absolute atomic E-state index is 12.3. The normalized spacial score (nSPS) is 21.0. The fourth-order valence-corrected chi connectivity index (χ4v) is 4.69. The molecular weight excluding hydrogens is 302 g/mol. The predicted molar refractivity (Wildman–Crippen MR) is 74.8 cm³/mol. The molecule has 0 aliphatic carbocycles. The number of rotatable bonds is 4. The van der Waals surface area contributed by atoms with E-state index in [0.29, 0.717) is 0 Å². The van der Waals surface area contributed by atoms with Crippen LogP contribution >= 0.6 is 0 Å². The van der Waals surface area contributed by atoms with Crippen molar-refractivity contribution < 1.29 is 21.6 Å². The van der Waals surface area contributed by atoms with Crippen molar-refractivity contribution in [2.45, 2.75) is 17.9 Å². The molecule has 0 bridgehead atoms. The molecule has 0 saturated carbocycles. The van der Waals surface area contributed by atoms with Crippen molar-refractivity contribution in [2.75, 3.05) is 12.9 Å². The van der Waals surface area contributed by atoms with E-state index >= 15 is 0 Å². The number of ether oxygens (including phenoxy) is 1. The van der Waals surface area contributed by atoms with Gasteiger partial charge in [0.2, 0.25) is 10.0 Å². The first-order valence-electron chi connectivity index (χ1n) is 5.81. The first kappa shape index (κ1) is 15.0. The standard InChI is InChI=1S/C12H15NO5S2/c1-9-3-4-11(18-2)12(7-9)20(16,17)13-10-5-6-19(14,15)8-10/h3-7,10,13H,8H2,1-2H3/t10-/m1/s1. The molecule has 0 unspecified atom stereocenters. The van der Waals surface area contributed by atoms with E-state index < -0.39 is 25.9 Å². The molecule has 20 heavy (non-hydrogen) atoms. The summed E-state index contributed by atoms with van der Waals surface area (Å²) >= 11 is 0. The first-order valence-corrected chi connectivity index (χ1v) is 9.01. The van der Waals surface area contributed by atoms with Crippen LogP contribution in [0.25, 0.3) is 0 Å². The molecule has 0 spiro atoms. The van der Waals surface area contributed by atoms with E-state index in [1.807, 2.05) is 0 Å². The lowest BCUT2D eigenvalue weighted by Gasteiger charge is -2.14. The zero-order valence-corrected chi connectivity index (χ0v) is 12.7. The van der Waals surface area contributed by atoms with Gasteiger partial charge in [0.25, 0.3) is 0 Å². The number of aryl methyl sites for hydroxylation is 1. The van der Waals surface area contributed by atoms with Crippen molar-refractivity contribution in [1.82, 2.24) is 4.72 Å². The Hall–Kier alpha value is -1.38. The molecule has 1 heterocycles. The summed E-state index contributed by atoms with van der Waals surface area (Å²) in [6.07, 6.45) is 1.33. The molecule has 6 nitrogen and oxygen atoms in total.